The predicted molar refractivity (Wildman–Crippen MR) is 112 cm³/mol. The number of rotatable bonds is 4. The summed E-state index contributed by atoms with van der Waals surface area (Å²) in [4.78, 5) is 41.4. The molecule has 2 heterocycles. The highest BCUT2D eigenvalue weighted by Crippen LogP contribution is 2.21. The minimum absolute atomic E-state index is 0.118. The molecule has 3 atom stereocenters. The summed E-state index contributed by atoms with van der Waals surface area (Å²) in [6, 6.07) is 5.54. The number of amides is 3. The molecule has 2 aliphatic heterocycles. The Bertz CT molecular complexity index is 804. The molecule has 2 aliphatic rings. The van der Waals surface area contributed by atoms with Crippen molar-refractivity contribution in [1.29, 1.82) is 0 Å². The van der Waals surface area contributed by atoms with Gasteiger partial charge in [0.15, 0.2) is 0 Å². The molecule has 1 aromatic carbocycles. The SMILES string of the molecule is COCCNC(=O)[C@@H]1COCC(=O)N2C[C@@H](N)C[C@H]2COc2cccc(c2)C(=O)N1C. The molecule has 0 radical (unpaired) electrons. The van der Waals surface area contributed by atoms with Gasteiger partial charge in [-0.3, -0.25) is 14.4 Å². The fourth-order valence-corrected chi connectivity index (χ4v) is 3.77. The predicted octanol–water partition coefficient (Wildman–Crippen LogP) is -0.773. The summed E-state index contributed by atoms with van der Waals surface area (Å²) in [7, 11) is 3.06. The van der Waals surface area contributed by atoms with Gasteiger partial charge in [0.25, 0.3) is 5.91 Å². The molecule has 0 spiro atoms. The highest BCUT2D eigenvalue weighted by Gasteiger charge is 2.35. The summed E-state index contributed by atoms with van der Waals surface area (Å²) in [5, 5.41) is 2.73. The average Bonchev–Trinajstić information content (AvgIpc) is 3.14. The molecule has 10 heteroatoms. The van der Waals surface area contributed by atoms with Crippen LogP contribution in [0.2, 0.25) is 0 Å². The molecular weight excluding hydrogens is 404 g/mol. The van der Waals surface area contributed by atoms with Crippen LogP contribution in [-0.4, -0.2) is 99.3 Å². The summed E-state index contributed by atoms with van der Waals surface area (Å²) in [6.45, 7) is 1.01. The van der Waals surface area contributed by atoms with E-state index in [2.05, 4.69) is 5.32 Å². The first-order valence-electron chi connectivity index (χ1n) is 10.3. The van der Waals surface area contributed by atoms with Gasteiger partial charge in [-0.05, 0) is 24.6 Å². The molecule has 1 fully saturated rings. The quantitative estimate of drug-likeness (QED) is 0.596. The Morgan fingerprint density at radius 1 is 1.32 bits per heavy atom. The molecule has 3 amide bonds. The summed E-state index contributed by atoms with van der Waals surface area (Å²) in [5.74, 6) is -0.448. The number of benzene rings is 1. The number of fused-ring (bicyclic) bond motifs is 3. The van der Waals surface area contributed by atoms with Crippen LogP contribution < -0.4 is 15.8 Å². The monoisotopic (exact) mass is 434 g/mol. The minimum atomic E-state index is -0.915. The average molecular weight is 434 g/mol. The maximum absolute atomic E-state index is 13.0. The van der Waals surface area contributed by atoms with Gasteiger partial charge in [-0.15, -0.1) is 0 Å². The molecular formula is C21H30N4O6. The van der Waals surface area contributed by atoms with Crippen LogP contribution >= 0.6 is 0 Å². The van der Waals surface area contributed by atoms with E-state index in [0.29, 0.717) is 37.4 Å². The highest BCUT2D eigenvalue weighted by atomic mass is 16.5. The molecule has 3 N–H and O–H groups in total. The van der Waals surface area contributed by atoms with E-state index in [1.807, 2.05) is 0 Å². The van der Waals surface area contributed by atoms with Crippen LogP contribution in [0.3, 0.4) is 0 Å². The Kier molecular flexibility index (Phi) is 7.83. The molecule has 1 saturated heterocycles. The van der Waals surface area contributed by atoms with E-state index in [1.54, 1.807) is 29.2 Å². The molecule has 10 nitrogen and oxygen atoms in total. The number of ether oxygens (including phenoxy) is 3. The second-order valence-electron chi connectivity index (χ2n) is 7.77. The molecule has 170 valence electrons. The van der Waals surface area contributed by atoms with Crippen molar-refractivity contribution in [1.82, 2.24) is 15.1 Å². The third-order valence-electron chi connectivity index (χ3n) is 5.49. The number of hydrogen-bond acceptors (Lipinski definition) is 7. The third-order valence-corrected chi connectivity index (χ3v) is 5.49. The topological polar surface area (TPSA) is 123 Å². The van der Waals surface area contributed by atoms with E-state index in [1.165, 1.54) is 19.1 Å². The lowest BCUT2D eigenvalue weighted by Crippen LogP contribution is -2.51. The van der Waals surface area contributed by atoms with Gasteiger partial charge in [0, 0.05) is 38.9 Å². The van der Waals surface area contributed by atoms with Gasteiger partial charge in [0.05, 0.1) is 19.3 Å². The first kappa shape index (κ1) is 23.0. The second kappa shape index (κ2) is 10.6. The molecule has 0 unspecified atom stereocenters. The van der Waals surface area contributed by atoms with Crippen molar-refractivity contribution in [2.75, 3.05) is 53.7 Å². The number of carbonyl (C=O) groups excluding carboxylic acids is 3. The zero-order chi connectivity index (χ0) is 22.4. The van der Waals surface area contributed by atoms with Gasteiger partial charge in [0.2, 0.25) is 11.8 Å². The van der Waals surface area contributed by atoms with Gasteiger partial charge in [-0.2, -0.15) is 0 Å². The van der Waals surface area contributed by atoms with Crippen molar-refractivity contribution in [2.24, 2.45) is 5.73 Å². The third kappa shape index (κ3) is 5.72. The van der Waals surface area contributed by atoms with Gasteiger partial charge in [-0.1, -0.05) is 6.07 Å². The van der Waals surface area contributed by atoms with Crippen molar-refractivity contribution in [3.05, 3.63) is 29.8 Å². The van der Waals surface area contributed by atoms with Crippen LogP contribution in [0.5, 0.6) is 5.75 Å². The Morgan fingerprint density at radius 2 is 2.13 bits per heavy atom. The molecule has 0 aliphatic carbocycles. The Labute approximate surface area is 181 Å². The Morgan fingerprint density at radius 3 is 2.90 bits per heavy atom. The zero-order valence-corrected chi connectivity index (χ0v) is 17.9. The number of hydrogen-bond donors (Lipinski definition) is 2. The Balaban J connectivity index is 1.85. The first-order chi connectivity index (χ1) is 14.9. The number of methoxy groups -OCH3 is 1. The number of nitrogens with zero attached hydrogens (tertiary/aromatic N) is 2. The normalized spacial score (nSPS) is 24.9. The van der Waals surface area contributed by atoms with E-state index < -0.39 is 6.04 Å². The second-order valence-corrected chi connectivity index (χ2v) is 7.77. The van der Waals surface area contributed by atoms with E-state index in [-0.39, 0.29) is 49.6 Å². The summed E-state index contributed by atoms with van der Waals surface area (Å²) in [6.07, 6.45) is 0.623. The van der Waals surface area contributed by atoms with Crippen molar-refractivity contribution in [3.63, 3.8) is 0 Å². The highest BCUT2D eigenvalue weighted by molar-refractivity contribution is 5.97. The van der Waals surface area contributed by atoms with Crippen molar-refractivity contribution in [3.8, 4) is 5.75 Å². The smallest absolute Gasteiger partial charge is 0.254 e. The lowest BCUT2D eigenvalue weighted by atomic mass is 10.1. The lowest BCUT2D eigenvalue weighted by Gasteiger charge is -2.29. The lowest BCUT2D eigenvalue weighted by molar-refractivity contribution is -0.139. The largest absolute Gasteiger partial charge is 0.491 e. The first-order valence-corrected chi connectivity index (χ1v) is 10.3. The van der Waals surface area contributed by atoms with Crippen LogP contribution in [0.4, 0.5) is 0 Å². The Hall–Kier alpha value is -2.69. The van der Waals surface area contributed by atoms with Gasteiger partial charge < -0.3 is 35.1 Å². The van der Waals surface area contributed by atoms with Crippen LogP contribution in [0.15, 0.2) is 24.3 Å². The van der Waals surface area contributed by atoms with Crippen molar-refractivity contribution < 1.29 is 28.6 Å². The van der Waals surface area contributed by atoms with E-state index >= 15 is 0 Å². The standard InChI is InChI=1S/C21H30N4O6/c1-24-18(20(27)23-6-7-29-2)12-30-13-19(26)25-10-15(22)9-16(25)11-31-17-5-3-4-14(8-17)21(24)28/h3-5,8,15-16,18H,6-7,9-13,22H2,1-2H3,(H,23,27)/t15-,16-,18-/m0/s1. The molecule has 31 heavy (non-hydrogen) atoms. The van der Waals surface area contributed by atoms with E-state index in [9.17, 15) is 14.4 Å². The van der Waals surface area contributed by atoms with Crippen LogP contribution in [0.1, 0.15) is 16.8 Å². The van der Waals surface area contributed by atoms with Crippen LogP contribution in [0, 0.1) is 0 Å². The fraction of sp³-hybridized carbons (Fsp3) is 0.571. The van der Waals surface area contributed by atoms with Crippen LogP contribution in [0.25, 0.3) is 0 Å². The van der Waals surface area contributed by atoms with E-state index in [4.69, 9.17) is 19.9 Å². The van der Waals surface area contributed by atoms with Gasteiger partial charge in [0.1, 0.15) is 25.0 Å². The van der Waals surface area contributed by atoms with Gasteiger partial charge in [-0.25, -0.2) is 0 Å². The van der Waals surface area contributed by atoms with Crippen LogP contribution in [-0.2, 0) is 19.1 Å². The molecule has 2 bridgehead atoms. The van der Waals surface area contributed by atoms with E-state index in [0.717, 1.165) is 0 Å². The molecule has 3 rings (SSSR count). The zero-order valence-electron chi connectivity index (χ0n) is 17.9. The summed E-state index contributed by atoms with van der Waals surface area (Å²) in [5.41, 5.74) is 6.45. The summed E-state index contributed by atoms with van der Waals surface area (Å²) >= 11 is 0. The maximum atomic E-state index is 13.0. The number of carbonyl (C=O) groups is 3. The summed E-state index contributed by atoms with van der Waals surface area (Å²) < 4.78 is 16.4. The van der Waals surface area contributed by atoms with Crippen molar-refractivity contribution in [2.45, 2.75) is 24.5 Å². The molecule has 0 aromatic heterocycles. The number of nitrogens with one attached hydrogen (secondary N) is 1. The van der Waals surface area contributed by atoms with Gasteiger partial charge >= 0.3 is 0 Å². The molecule has 0 saturated carbocycles. The molecule has 1 aromatic rings. The van der Waals surface area contributed by atoms with Crippen molar-refractivity contribution >= 4 is 17.7 Å². The minimum Gasteiger partial charge on any atom is -0.491 e. The maximum Gasteiger partial charge on any atom is 0.254 e. The number of likely N-dealkylation sites (N-methyl/N-ethyl adjacent to an activating group) is 1. The fourth-order valence-electron chi connectivity index (χ4n) is 3.77. The number of nitrogens with two attached hydrogens (primary N) is 1.